The lowest BCUT2D eigenvalue weighted by Gasteiger charge is -2.09. The Kier molecular flexibility index (Phi) is 4.39. The van der Waals surface area contributed by atoms with Crippen molar-refractivity contribution in [1.29, 1.82) is 0 Å². The zero-order valence-electron chi connectivity index (χ0n) is 10.9. The first-order chi connectivity index (χ1) is 9.52. The summed E-state index contributed by atoms with van der Waals surface area (Å²) in [5.41, 5.74) is -0.883. The quantitative estimate of drug-likeness (QED) is 0.857. The third kappa shape index (κ3) is 3.36. The maximum Gasteiger partial charge on any atom is 0.417 e. The molecule has 1 heterocycles. The molecule has 4 nitrogen and oxygen atoms in total. The van der Waals surface area contributed by atoms with Crippen molar-refractivity contribution in [3.63, 3.8) is 0 Å². The number of hydrogen-bond donors (Lipinski definition) is 1. The smallest absolute Gasteiger partial charge is 0.417 e. The summed E-state index contributed by atoms with van der Waals surface area (Å²) in [6.07, 6.45) is -3.51. The van der Waals surface area contributed by atoms with Crippen molar-refractivity contribution in [2.75, 3.05) is 6.54 Å². The minimum Gasteiger partial charge on any atom is -0.419 e. The van der Waals surface area contributed by atoms with Crippen molar-refractivity contribution >= 4 is 0 Å². The van der Waals surface area contributed by atoms with Gasteiger partial charge in [0.1, 0.15) is 0 Å². The summed E-state index contributed by atoms with van der Waals surface area (Å²) in [6, 6.07) is 5.14. The highest BCUT2D eigenvalue weighted by Gasteiger charge is 2.34. The number of alkyl halides is 3. The van der Waals surface area contributed by atoms with Gasteiger partial charge in [0.25, 0.3) is 0 Å². The zero-order valence-corrected chi connectivity index (χ0v) is 10.9. The average molecular weight is 285 g/mol. The summed E-state index contributed by atoms with van der Waals surface area (Å²) < 4.78 is 43.9. The first-order valence-corrected chi connectivity index (χ1v) is 6.22. The summed E-state index contributed by atoms with van der Waals surface area (Å²) in [7, 11) is 0. The average Bonchev–Trinajstić information content (AvgIpc) is 2.87. The van der Waals surface area contributed by atoms with Crippen LogP contribution >= 0.6 is 0 Å². The van der Waals surface area contributed by atoms with Gasteiger partial charge in [-0.15, -0.1) is 10.2 Å². The predicted molar refractivity (Wildman–Crippen MR) is 66.7 cm³/mol. The van der Waals surface area contributed by atoms with Crippen molar-refractivity contribution in [2.45, 2.75) is 26.1 Å². The molecule has 108 valence electrons. The third-order valence-corrected chi connectivity index (χ3v) is 2.63. The van der Waals surface area contributed by atoms with Gasteiger partial charge in [-0.3, -0.25) is 0 Å². The SMILES string of the molecule is CCCNCc1nnc(-c2ccccc2C(F)(F)F)o1. The van der Waals surface area contributed by atoms with E-state index in [4.69, 9.17) is 4.42 Å². The van der Waals surface area contributed by atoms with Crippen molar-refractivity contribution in [1.82, 2.24) is 15.5 Å². The Bertz CT molecular complexity index is 566. The largest absolute Gasteiger partial charge is 0.419 e. The number of nitrogens with zero attached hydrogens (tertiary/aromatic N) is 2. The first kappa shape index (κ1) is 14.5. The fourth-order valence-electron chi connectivity index (χ4n) is 1.72. The Morgan fingerprint density at radius 3 is 2.65 bits per heavy atom. The molecule has 0 aliphatic carbocycles. The molecule has 7 heteroatoms. The fraction of sp³-hybridized carbons (Fsp3) is 0.385. The molecule has 0 aliphatic rings. The van der Waals surface area contributed by atoms with Crippen LogP contribution in [0.4, 0.5) is 13.2 Å². The molecule has 1 N–H and O–H groups in total. The Morgan fingerprint density at radius 1 is 1.20 bits per heavy atom. The molecule has 0 bridgehead atoms. The molecule has 0 radical (unpaired) electrons. The van der Waals surface area contributed by atoms with Gasteiger partial charge in [0.15, 0.2) is 0 Å². The minimum atomic E-state index is -4.45. The Hall–Kier alpha value is -1.89. The molecule has 0 aliphatic heterocycles. The van der Waals surface area contributed by atoms with E-state index in [1.165, 1.54) is 18.2 Å². The lowest BCUT2D eigenvalue weighted by molar-refractivity contribution is -0.137. The minimum absolute atomic E-state index is 0.103. The molecule has 0 atom stereocenters. The number of benzene rings is 1. The molecule has 2 aromatic rings. The highest BCUT2D eigenvalue weighted by Crippen LogP contribution is 2.36. The van der Waals surface area contributed by atoms with E-state index < -0.39 is 11.7 Å². The van der Waals surface area contributed by atoms with E-state index in [1.807, 2.05) is 6.92 Å². The molecule has 0 saturated heterocycles. The molecule has 0 spiro atoms. The molecule has 1 aromatic heterocycles. The summed E-state index contributed by atoms with van der Waals surface area (Å²) in [6.45, 7) is 3.12. The van der Waals surface area contributed by atoms with Crippen molar-refractivity contribution in [3.8, 4) is 11.5 Å². The molecular formula is C13H14F3N3O. The lowest BCUT2D eigenvalue weighted by Crippen LogP contribution is -2.13. The second-order valence-corrected chi connectivity index (χ2v) is 4.22. The summed E-state index contributed by atoms with van der Waals surface area (Å²) in [5, 5.41) is 10.5. The van der Waals surface area contributed by atoms with Crippen LogP contribution < -0.4 is 5.32 Å². The Morgan fingerprint density at radius 2 is 1.95 bits per heavy atom. The fourth-order valence-corrected chi connectivity index (χ4v) is 1.72. The third-order valence-electron chi connectivity index (χ3n) is 2.63. The Labute approximate surface area is 114 Å². The predicted octanol–water partition coefficient (Wildman–Crippen LogP) is 3.26. The van der Waals surface area contributed by atoms with Crippen LogP contribution in [-0.4, -0.2) is 16.7 Å². The van der Waals surface area contributed by atoms with Crippen LogP contribution in [-0.2, 0) is 12.7 Å². The molecule has 1 aromatic carbocycles. The number of hydrogen-bond acceptors (Lipinski definition) is 4. The lowest BCUT2D eigenvalue weighted by atomic mass is 10.1. The van der Waals surface area contributed by atoms with Gasteiger partial charge in [0.2, 0.25) is 11.8 Å². The normalized spacial score (nSPS) is 11.8. The van der Waals surface area contributed by atoms with E-state index in [9.17, 15) is 13.2 Å². The number of nitrogens with one attached hydrogen (secondary N) is 1. The summed E-state index contributed by atoms with van der Waals surface area (Å²) in [5.74, 6) is 0.150. The molecule has 0 fully saturated rings. The molecule has 0 saturated carbocycles. The van der Waals surface area contributed by atoms with Crippen molar-refractivity contribution in [2.24, 2.45) is 0 Å². The highest BCUT2D eigenvalue weighted by molar-refractivity contribution is 5.59. The number of halogens is 3. The van der Waals surface area contributed by atoms with Gasteiger partial charge in [0.05, 0.1) is 17.7 Å². The van der Waals surface area contributed by atoms with Crippen LogP contribution in [0, 0.1) is 0 Å². The number of aromatic nitrogens is 2. The van der Waals surface area contributed by atoms with E-state index in [2.05, 4.69) is 15.5 Å². The van der Waals surface area contributed by atoms with E-state index in [0.29, 0.717) is 6.54 Å². The van der Waals surface area contributed by atoms with Crippen LogP contribution in [0.5, 0.6) is 0 Å². The molecular weight excluding hydrogens is 271 g/mol. The molecule has 20 heavy (non-hydrogen) atoms. The van der Waals surface area contributed by atoms with Gasteiger partial charge >= 0.3 is 6.18 Å². The van der Waals surface area contributed by atoms with Gasteiger partial charge in [-0.1, -0.05) is 19.1 Å². The standard InChI is InChI=1S/C13H14F3N3O/c1-2-7-17-8-11-18-19-12(20-11)9-5-3-4-6-10(9)13(14,15)16/h3-6,17H,2,7-8H2,1H3. The second-order valence-electron chi connectivity index (χ2n) is 4.22. The first-order valence-electron chi connectivity index (χ1n) is 6.22. The monoisotopic (exact) mass is 285 g/mol. The topological polar surface area (TPSA) is 51.0 Å². The van der Waals surface area contributed by atoms with Crippen LogP contribution in [0.2, 0.25) is 0 Å². The van der Waals surface area contributed by atoms with E-state index in [0.717, 1.165) is 19.0 Å². The van der Waals surface area contributed by atoms with Crippen LogP contribution in [0.15, 0.2) is 28.7 Å². The second kappa shape index (κ2) is 6.04. The number of rotatable bonds is 5. The van der Waals surface area contributed by atoms with E-state index >= 15 is 0 Å². The maximum absolute atomic E-state index is 12.9. The van der Waals surface area contributed by atoms with Crippen LogP contribution in [0.3, 0.4) is 0 Å². The van der Waals surface area contributed by atoms with Gasteiger partial charge in [0, 0.05) is 0 Å². The molecule has 0 amide bonds. The van der Waals surface area contributed by atoms with Gasteiger partial charge in [-0.25, -0.2) is 0 Å². The van der Waals surface area contributed by atoms with Crippen LogP contribution in [0.1, 0.15) is 24.8 Å². The zero-order chi connectivity index (χ0) is 14.6. The summed E-state index contributed by atoms with van der Waals surface area (Å²) in [4.78, 5) is 0. The van der Waals surface area contributed by atoms with Gasteiger partial charge in [-0.2, -0.15) is 13.2 Å². The summed E-state index contributed by atoms with van der Waals surface area (Å²) >= 11 is 0. The molecule has 0 unspecified atom stereocenters. The maximum atomic E-state index is 12.9. The van der Waals surface area contributed by atoms with Gasteiger partial charge < -0.3 is 9.73 Å². The molecule has 2 rings (SSSR count). The van der Waals surface area contributed by atoms with Gasteiger partial charge in [-0.05, 0) is 25.1 Å². The highest BCUT2D eigenvalue weighted by atomic mass is 19.4. The van der Waals surface area contributed by atoms with Crippen LogP contribution in [0.25, 0.3) is 11.5 Å². The van der Waals surface area contributed by atoms with E-state index in [1.54, 1.807) is 0 Å². The van der Waals surface area contributed by atoms with Crippen molar-refractivity contribution in [3.05, 3.63) is 35.7 Å². The van der Waals surface area contributed by atoms with Crippen molar-refractivity contribution < 1.29 is 17.6 Å². The Balaban J connectivity index is 2.24. The van der Waals surface area contributed by atoms with E-state index in [-0.39, 0.29) is 17.3 Å².